The standard InChI is InChI=1S/C26H30N4O6S2/c1-6-13-30-19(14-17-9-11-18(34-5)12-10-17)28-29-26(30)37-15-20(31)27-23-21(24(32)35-7-2)16(4)22(38-23)25(33)36-8-3/h6,9-12H,1,7-8,13-15H2,2-5H3,(H,27,31). The molecule has 0 spiro atoms. The highest BCUT2D eigenvalue weighted by Gasteiger charge is 2.27. The van der Waals surface area contributed by atoms with Gasteiger partial charge in [-0.3, -0.25) is 4.79 Å². The van der Waals surface area contributed by atoms with Crippen LogP contribution >= 0.6 is 23.1 Å². The summed E-state index contributed by atoms with van der Waals surface area (Å²) in [5, 5.41) is 12.1. The number of carbonyl (C=O) groups excluding carboxylic acids is 3. The molecule has 1 N–H and O–H groups in total. The minimum absolute atomic E-state index is 0.00572. The third-order valence-corrected chi connectivity index (χ3v) is 7.45. The second-order valence-electron chi connectivity index (χ2n) is 7.86. The van der Waals surface area contributed by atoms with E-state index in [2.05, 4.69) is 22.1 Å². The first-order chi connectivity index (χ1) is 18.3. The van der Waals surface area contributed by atoms with Crippen LogP contribution in [0.2, 0.25) is 0 Å². The number of hydrogen-bond acceptors (Lipinski definition) is 10. The van der Waals surface area contributed by atoms with Crippen molar-refractivity contribution in [1.82, 2.24) is 14.8 Å². The second kappa shape index (κ2) is 13.8. The average molecular weight is 559 g/mol. The number of allylic oxidation sites excluding steroid dienone is 1. The number of nitrogens with zero attached hydrogens (tertiary/aromatic N) is 3. The zero-order valence-electron chi connectivity index (χ0n) is 21.7. The van der Waals surface area contributed by atoms with E-state index in [9.17, 15) is 14.4 Å². The number of carbonyl (C=O) groups is 3. The van der Waals surface area contributed by atoms with Crippen LogP contribution in [0.4, 0.5) is 5.00 Å². The van der Waals surface area contributed by atoms with Crippen molar-refractivity contribution in [3.05, 3.63) is 64.3 Å². The van der Waals surface area contributed by atoms with Gasteiger partial charge in [0.25, 0.3) is 0 Å². The Balaban J connectivity index is 1.75. The summed E-state index contributed by atoms with van der Waals surface area (Å²) in [5.74, 6) is -0.0419. The molecule has 38 heavy (non-hydrogen) atoms. The maximum absolute atomic E-state index is 12.9. The molecule has 3 aromatic rings. The first-order valence-corrected chi connectivity index (χ1v) is 13.7. The summed E-state index contributed by atoms with van der Waals surface area (Å²) in [4.78, 5) is 38.1. The van der Waals surface area contributed by atoms with Gasteiger partial charge in [-0.05, 0) is 44.0 Å². The number of anilines is 1. The molecule has 0 radical (unpaired) electrons. The lowest BCUT2D eigenvalue weighted by atomic mass is 10.1. The zero-order chi connectivity index (χ0) is 27.7. The molecule has 2 heterocycles. The number of thioether (sulfide) groups is 1. The third kappa shape index (κ3) is 7.01. The zero-order valence-corrected chi connectivity index (χ0v) is 23.4. The predicted molar refractivity (Wildman–Crippen MR) is 146 cm³/mol. The van der Waals surface area contributed by atoms with E-state index in [1.807, 2.05) is 28.8 Å². The van der Waals surface area contributed by atoms with Crippen LogP contribution in [0.5, 0.6) is 5.75 Å². The molecule has 0 aliphatic rings. The van der Waals surface area contributed by atoms with Gasteiger partial charge in [0.1, 0.15) is 21.5 Å². The number of rotatable bonds is 13. The Labute approximate surface area is 229 Å². The molecule has 0 aliphatic carbocycles. The van der Waals surface area contributed by atoms with Gasteiger partial charge < -0.3 is 24.1 Å². The summed E-state index contributed by atoms with van der Waals surface area (Å²) in [6.45, 7) is 9.64. The Bertz CT molecular complexity index is 1300. The first kappa shape index (κ1) is 28.9. The largest absolute Gasteiger partial charge is 0.497 e. The van der Waals surface area contributed by atoms with Gasteiger partial charge in [0.15, 0.2) is 5.16 Å². The molecule has 0 saturated carbocycles. The minimum Gasteiger partial charge on any atom is -0.497 e. The second-order valence-corrected chi connectivity index (χ2v) is 9.82. The highest BCUT2D eigenvalue weighted by molar-refractivity contribution is 7.99. The Kier molecular flexibility index (Phi) is 10.5. The van der Waals surface area contributed by atoms with Crippen molar-refractivity contribution in [2.75, 3.05) is 31.4 Å². The SMILES string of the molecule is C=CCn1c(Cc2ccc(OC)cc2)nnc1SCC(=O)Nc1sc(C(=O)OCC)c(C)c1C(=O)OCC. The lowest BCUT2D eigenvalue weighted by molar-refractivity contribution is -0.113. The number of hydrogen-bond donors (Lipinski definition) is 1. The van der Waals surface area contributed by atoms with E-state index in [-0.39, 0.29) is 40.3 Å². The van der Waals surface area contributed by atoms with Crippen molar-refractivity contribution in [2.24, 2.45) is 0 Å². The van der Waals surface area contributed by atoms with Gasteiger partial charge in [0, 0.05) is 13.0 Å². The molecule has 3 rings (SSSR count). The summed E-state index contributed by atoms with van der Waals surface area (Å²) >= 11 is 2.19. The molecule has 0 saturated heterocycles. The van der Waals surface area contributed by atoms with Gasteiger partial charge in [0.05, 0.1) is 31.6 Å². The lowest BCUT2D eigenvalue weighted by Crippen LogP contribution is -2.17. The lowest BCUT2D eigenvalue weighted by Gasteiger charge is -2.09. The fourth-order valence-corrected chi connectivity index (χ4v) is 5.40. The quantitative estimate of drug-likeness (QED) is 0.183. The summed E-state index contributed by atoms with van der Waals surface area (Å²) in [5.41, 5.74) is 1.59. The maximum atomic E-state index is 12.9. The smallest absolute Gasteiger partial charge is 0.348 e. The molecule has 0 atom stereocenters. The Morgan fingerprint density at radius 3 is 2.42 bits per heavy atom. The number of methoxy groups -OCH3 is 1. The topological polar surface area (TPSA) is 122 Å². The number of thiophene rings is 1. The van der Waals surface area contributed by atoms with E-state index in [1.54, 1.807) is 34.0 Å². The van der Waals surface area contributed by atoms with Gasteiger partial charge in [-0.25, -0.2) is 9.59 Å². The molecule has 1 aromatic carbocycles. The van der Waals surface area contributed by atoms with Gasteiger partial charge >= 0.3 is 11.9 Å². The van der Waals surface area contributed by atoms with E-state index in [4.69, 9.17) is 14.2 Å². The van der Waals surface area contributed by atoms with Crippen molar-refractivity contribution in [2.45, 2.75) is 38.9 Å². The van der Waals surface area contributed by atoms with Crippen molar-refractivity contribution in [1.29, 1.82) is 0 Å². The molecule has 10 nitrogen and oxygen atoms in total. The Morgan fingerprint density at radius 1 is 1.11 bits per heavy atom. The van der Waals surface area contributed by atoms with Gasteiger partial charge in [-0.1, -0.05) is 30.0 Å². The fraction of sp³-hybridized carbons (Fsp3) is 0.346. The van der Waals surface area contributed by atoms with Gasteiger partial charge in [0.2, 0.25) is 5.91 Å². The predicted octanol–water partition coefficient (Wildman–Crippen LogP) is 4.52. The van der Waals surface area contributed by atoms with Crippen LogP contribution < -0.4 is 10.1 Å². The monoisotopic (exact) mass is 558 g/mol. The van der Waals surface area contributed by atoms with Crippen LogP contribution in [-0.2, 0) is 27.2 Å². The third-order valence-electron chi connectivity index (χ3n) is 5.30. The highest BCUT2D eigenvalue weighted by atomic mass is 32.2. The van der Waals surface area contributed by atoms with Crippen LogP contribution in [0.25, 0.3) is 0 Å². The molecule has 0 bridgehead atoms. The van der Waals surface area contributed by atoms with Crippen LogP contribution in [0.3, 0.4) is 0 Å². The van der Waals surface area contributed by atoms with Crippen molar-refractivity contribution >= 4 is 45.9 Å². The normalized spacial score (nSPS) is 10.6. The van der Waals surface area contributed by atoms with Crippen molar-refractivity contribution in [3.8, 4) is 5.75 Å². The van der Waals surface area contributed by atoms with Crippen LogP contribution in [0.1, 0.15) is 50.8 Å². The Hall–Kier alpha value is -3.64. The molecule has 2 aromatic heterocycles. The van der Waals surface area contributed by atoms with E-state index < -0.39 is 11.9 Å². The molecular formula is C26H30N4O6S2. The average Bonchev–Trinajstić information content (AvgIpc) is 3.43. The molecule has 1 amide bonds. The summed E-state index contributed by atoms with van der Waals surface area (Å²) in [6.07, 6.45) is 2.29. The fourth-order valence-electron chi connectivity index (χ4n) is 3.53. The van der Waals surface area contributed by atoms with Crippen LogP contribution in [-0.4, -0.2) is 58.7 Å². The molecule has 12 heteroatoms. The maximum Gasteiger partial charge on any atom is 0.348 e. The van der Waals surface area contributed by atoms with E-state index in [0.29, 0.717) is 23.7 Å². The molecule has 0 aliphatic heterocycles. The molecular weight excluding hydrogens is 528 g/mol. The Morgan fingerprint density at radius 2 is 1.79 bits per heavy atom. The van der Waals surface area contributed by atoms with E-state index in [1.165, 1.54) is 11.8 Å². The number of nitrogens with one attached hydrogen (secondary N) is 1. The number of ether oxygens (including phenoxy) is 3. The van der Waals surface area contributed by atoms with Gasteiger partial charge in [-0.2, -0.15) is 0 Å². The minimum atomic E-state index is -0.617. The summed E-state index contributed by atoms with van der Waals surface area (Å²) < 4.78 is 17.3. The summed E-state index contributed by atoms with van der Waals surface area (Å²) in [7, 11) is 1.62. The number of benzene rings is 1. The van der Waals surface area contributed by atoms with Gasteiger partial charge in [-0.15, -0.1) is 28.1 Å². The number of esters is 2. The van der Waals surface area contributed by atoms with E-state index in [0.717, 1.165) is 28.5 Å². The van der Waals surface area contributed by atoms with Crippen LogP contribution in [0.15, 0.2) is 42.1 Å². The molecule has 0 fully saturated rings. The summed E-state index contributed by atoms with van der Waals surface area (Å²) in [6, 6.07) is 7.68. The molecule has 0 unspecified atom stereocenters. The highest BCUT2D eigenvalue weighted by Crippen LogP contribution is 2.34. The van der Waals surface area contributed by atoms with E-state index >= 15 is 0 Å². The first-order valence-electron chi connectivity index (χ1n) is 11.9. The van der Waals surface area contributed by atoms with Crippen LogP contribution in [0, 0.1) is 6.92 Å². The number of aromatic nitrogens is 3. The van der Waals surface area contributed by atoms with Crippen molar-refractivity contribution in [3.63, 3.8) is 0 Å². The number of amides is 1. The molecule has 202 valence electrons. The van der Waals surface area contributed by atoms with Crippen molar-refractivity contribution < 1.29 is 28.6 Å².